The monoisotopic (exact) mass is 381 g/mol. The molecule has 0 aliphatic rings. The molecule has 0 saturated heterocycles. The molecule has 2 rings (SSSR count). The summed E-state index contributed by atoms with van der Waals surface area (Å²) in [5, 5.41) is 2.59. The topological polar surface area (TPSA) is 56.8 Å². The number of hydrogen-bond acceptors (Lipinski definition) is 4. The van der Waals surface area contributed by atoms with Gasteiger partial charge < -0.3 is 19.5 Å². The van der Waals surface area contributed by atoms with Crippen molar-refractivity contribution in [2.45, 2.75) is 6.18 Å². The van der Waals surface area contributed by atoms with E-state index in [1.165, 1.54) is 51.7 Å². The van der Waals surface area contributed by atoms with E-state index < -0.39 is 17.6 Å². The molecule has 0 aromatic heterocycles. The first-order chi connectivity index (χ1) is 12.8. The molecule has 0 fully saturated rings. The van der Waals surface area contributed by atoms with E-state index >= 15 is 0 Å². The third-order valence-corrected chi connectivity index (χ3v) is 3.57. The van der Waals surface area contributed by atoms with Crippen LogP contribution >= 0.6 is 0 Å². The fourth-order valence-corrected chi connectivity index (χ4v) is 2.33. The minimum absolute atomic E-state index is 0.255. The average molecular weight is 381 g/mol. The fraction of sp³-hybridized carbons (Fsp3) is 0.211. The Morgan fingerprint density at radius 1 is 1.00 bits per heavy atom. The number of ether oxygens (including phenoxy) is 3. The van der Waals surface area contributed by atoms with Gasteiger partial charge in [0.2, 0.25) is 11.7 Å². The molecular weight excluding hydrogens is 363 g/mol. The third-order valence-electron chi connectivity index (χ3n) is 3.57. The highest BCUT2D eigenvalue weighted by Crippen LogP contribution is 2.39. The molecule has 2 aromatic carbocycles. The normalized spacial score (nSPS) is 11.3. The molecule has 8 heteroatoms. The SMILES string of the molecule is COc1cc(NC(=O)/C=C/c2cccc(C(F)(F)F)c2)cc(OC)c1OC. The molecule has 0 radical (unpaired) electrons. The first kappa shape index (κ1) is 20.2. The van der Waals surface area contributed by atoms with Crippen molar-refractivity contribution in [1.82, 2.24) is 0 Å². The molecule has 144 valence electrons. The number of hydrogen-bond donors (Lipinski definition) is 1. The molecule has 0 bridgehead atoms. The van der Waals surface area contributed by atoms with E-state index in [0.717, 1.165) is 18.2 Å². The molecule has 1 N–H and O–H groups in total. The van der Waals surface area contributed by atoms with E-state index in [1.807, 2.05) is 0 Å². The van der Waals surface area contributed by atoms with Crippen LogP contribution < -0.4 is 19.5 Å². The lowest BCUT2D eigenvalue weighted by molar-refractivity contribution is -0.137. The van der Waals surface area contributed by atoms with Crippen molar-refractivity contribution >= 4 is 17.7 Å². The molecule has 0 saturated carbocycles. The summed E-state index contributed by atoms with van der Waals surface area (Å²) in [4.78, 5) is 12.1. The third kappa shape index (κ3) is 5.16. The summed E-state index contributed by atoms with van der Waals surface area (Å²) in [6.45, 7) is 0. The van der Waals surface area contributed by atoms with Crippen LogP contribution in [0.5, 0.6) is 17.2 Å². The minimum atomic E-state index is -4.44. The Hall–Kier alpha value is -3.16. The molecule has 0 aliphatic heterocycles. The van der Waals surface area contributed by atoms with Gasteiger partial charge >= 0.3 is 6.18 Å². The Balaban J connectivity index is 2.17. The minimum Gasteiger partial charge on any atom is -0.493 e. The van der Waals surface area contributed by atoms with Gasteiger partial charge in [-0.25, -0.2) is 0 Å². The Labute approximate surface area is 154 Å². The van der Waals surface area contributed by atoms with Gasteiger partial charge in [-0.2, -0.15) is 13.2 Å². The maximum atomic E-state index is 12.7. The van der Waals surface area contributed by atoms with E-state index in [1.54, 1.807) is 0 Å². The van der Waals surface area contributed by atoms with Crippen LogP contribution in [0.4, 0.5) is 18.9 Å². The highest BCUT2D eigenvalue weighted by molar-refractivity contribution is 6.02. The Bertz CT molecular complexity index is 822. The second kappa shape index (κ2) is 8.48. The average Bonchev–Trinajstić information content (AvgIpc) is 2.65. The molecule has 0 heterocycles. The van der Waals surface area contributed by atoms with E-state index in [2.05, 4.69) is 5.32 Å². The van der Waals surface area contributed by atoms with Crippen LogP contribution in [0.25, 0.3) is 6.08 Å². The zero-order valence-corrected chi connectivity index (χ0v) is 14.9. The summed E-state index contributed by atoms with van der Waals surface area (Å²) in [6, 6.07) is 7.75. The second-order valence-electron chi connectivity index (χ2n) is 5.36. The van der Waals surface area contributed by atoms with Gasteiger partial charge in [-0.15, -0.1) is 0 Å². The molecular formula is C19H18F3NO4. The summed E-state index contributed by atoms with van der Waals surface area (Å²) in [5.74, 6) is 0.558. The maximum absolute atomic E-state index is 12.7. The van der Waals surface area contributed by atoms with E-state index in [4.69, 9.17) is 14.2 Å². The van der Waals surface area contributed by atoms with Crippen LogP contribution in [0.2, 0.25) is 0 Å². The van der Waals surface area contributed by atoms with Gasteiger partial charge in [-0.1, -0.05) is 12.1 Å². The fourth-order valence-electron chi connectivity index (χ4n) is 2.33. The summed E-state index contributed by atoms with van der Waals surface area (Å²) in [7, 11) is 4.34. The number of alkyl halides is 3. The zero-order valence-electron chi connectivity index (χ0n) is 14.9. The van der Waals surface area contributed by atoms with Crippen LogP contribution in [-0.2, 0) is 11.0 Å². The van der Waals surface area contributed by atoms with Crippen molar-refractivity contribution in [2.75, 3.05) is 26.6 Å². The summed E-state index contributed by atoms with van der Waals surface area (Å²) in [6.07, 6.45) is -2.01. The molecule has 0 spiro atoms. The van der Waals surface area contributed by atoms with Gasteiger partial charge in [0, 0.05) is 23.9 Å². The largest absolute Gasteiger partial charge is 0.493 e. The van der Waals surface area contributed by atoms with Gasteiger partial charge in [-0.3, -0.25) is 4.79 Å². The number of carbonyl (C=O) groups excluding carboxylic acids is 1. The quantitative estimate of drug-likeness (QED) is 0.755. The Kier molecular flexibility index (Phi) is 6.33. The summed E-state index contributed by atoms with van der Waals surface area (Å²) < 4.78 is 53.7. The first-order valence-corrected chi connectivity index (χ1v) is 7.74. The number of rotatable bonds is 6. The summed E-state index contributed by atoms with van der Waals surface area (Å²) >= 11 is 0. The standard InChI is InChI=1S/C19H18F3NO4/c1-25-15-10-14(11-16(26-2)18(15)27-3)23-17(24)8-7-12-5-4-6-13(9-12)19(20,21)22/h4-11H,1-3H3,(H,23,24)/b8-7+. The number of anilines is 1. The van der Waals surface area contributed by atoms with Gasteiger partial charge in [0.15, 0.2) is 11.5 Å². The van der Waals surface area contributed by atoms with Crippen LogP contribution in [0.15, 0.2) is 42.5 Å². The molecule has 0 unspecified atom stereocenters. The Morgan fingerprint density at radius 3 is 2.15 bits per heavy atom. The number of methoxy groups -OCH3 is 3. The number of amides is 1. The van der Waals surface area contributed by atoms with Crippen LogP contribution in [0, 0.1) is 0 Å². The van der Waals surface area contributed by atoms with Crippen molar-refractivity contribution in [2.24, 2.45) is 0 Å². The lowest BCUT2D eigenvalue weighted by atomic mass is 10.1. The number of benzene rings is 2. The summed E-state index contributed by atoms with van der Waals surface area (Å²) in [5.41, 5.74) is -0.150. The van der Waals surface area contributed by atoms with Gasteiger partial charge in [-0.05, 0) is 23.8 Å². The lowest BCUT2D eigenvalue weighted by Gasteiger charge is -2.14. The molecule has 2 aromatic rings. The van der Waals surface area contributed by atoms with Gasteiger partial charge in [0.25, 0.3) is 0 Å². The molecule has 5 nitrogen and oxygen atoms in total. The van der Waals surface area contributed by atoms with Crippen LogP contribution in [0.1, 0.15) is 11.1 Å². The van der Waals surface area contributed by atoms with E-state index in [-0.39, 0.29) is 5.56 Å². The maximum Gasteiger partial charge on any atom is 0.416 e. The predicted molar refractivity (Wildman–Crippen MR) is 95.2 cm³/mol. The number of carbonyl (C=O) groups is 1. The van der Waals surface area contributed by atoms with E-state index in [0.29, 0.717) is 22.9 Å². The van der Waals surface area contributed by atoms with E-state index in [9.17, 15) is 18.0 Å². The van der Waals surface area contributed by atoms with Crippen LogP contribution in [-0.4, -0.2) is 27.2 Å². The molecule has 0 atom stereocenters. The van der Waals surface area contributed by atoms with Crippen molar-refractivity contribution in [1.29, 1.82) is 0 Å². The highest BCUT2D eigenvalue weighted by atomic mass is 19.4. The van der Waals surface area contributed by atoms with Crippen molar-refractivity contribution in [3.8, 4) is 17.2 Å². The van der Waals surface area contributed by atoms with Crippen molar-refractivity contribution < 1.29 is 32.2 Å². The van der Waals surface area contributed by atoms with Crippen LogP contribution in [0.3, 0.4) is 0 Å². The molecule has 0 aliphatic carbocycles. The van der Waals surface area contributed by atoms with Gasteiger partial charge in [0.05, 0.1) is 26.9 Å². The van der Waals surface area contributed by atoms with Crippen molar-refractivity contribution in [3.05, 3.63) is 53.6 Å². The molecule has 27 heavy (non-hydrogen) atoms. The predicted octanol–water partition coefficient (Wildman–Crippen LogP) is 4.38. The number of nitrogens with one attached hydrogen (secondary N) is 1. The Morgan fingerprint density at radius 2 is 1.63 bits per heavy atom. The number of halogens is 3. The second-order valence-corrected chi connectivity index (χ2v) is 5.36. The highest BCUT2D eigenvalue weighted by Gasteiger charge is 2.30. The first-order valence-electron chi connectivity index (χ1n) is 7.74. The van der Waals surface area contributed by atoms with Gasteiger partial charge in [0.1, 0.15) is 0 Å². The lowest BCUT2D eigenvalue weighted by Crippen LogP contribution is -2.08. The molecule has 1 amide bonds. The van der Waals surface area contributed by atoms with Crippen molar-refractivity contribution in [3.63, 3.8) is 0 Å². The smallest absolute Gasteiger partial charge is 0.416 e. The zero-order chi connectivity index (χ0) is 20.0.